The number of hydrogen-bond donors (Lipinski definition) is 2. The third-order valence-electron chi connectivity index (χ3n) is 4.67. The minimum atomic E-state index is -0.155. The Labute approximate surface area is 169 Å². The number of pyridine rings is 1. The number of hydrogen-bond acceptors (Lipinski definition) is 5. The van der Waals surface area contributed by atoms with E-state index >= 15 is 0 Å². The van der Waals surface area contributed by atoms with Crippen LogP contribution >= 0.6 is 24.8 Å². The summed E-state index contributed by atoms with van der Waals surface area (Å²) in [7, 11) is 0. The Morgan fingerprint density at radius 2 is 2.00 bits per heavy atom. The number of rotatable bonds is 3. The van der Waals surface area contributed by atoms with Gasteiger partial charge in [0.05, 0.1) is 11.4 Å². The van der Waals surface area contributed by atoms with E-state index in [1.165, 1.54) is 0 Å². The third-order valence-corrected chi connectivity index (χ3v) is 4.67. The maximum atomic E-state index is 12.6. The normalized spacial score (nSPS) is 14.3. The molecule has 1 aliphatic rings. The van der Waals surface area contributed by atoms with E-state index in [2.05, 4.69) is 25.9 Å². The van der Waals surface area contributed by atoms with Gasteiger partial charge in [0, 0.05) is 29.2 Å². The molecule has 3 heterocycles. The van der Waals surface area contributed by atoms with Gasteiger partial charge >= 0.3 is 0 Å². The molecule has 0 unspecified atom stereocenters. The monoisotopic (exact) mass is 408 g/mol. The highest BCUT2D eigenvalue weighted by atomic mass is 35.5. The van der Waals surface area contributed by atoms with Gasteiger partial charge < -0.3 is 10.6 Å². The first-order valence-corrected chi connectivity index (χ1v) is 8.51. The molecule has 1 aromatic carbocycles. The SMILES string of the molecule is Cc1c(C(=O)NC2CCNCC2)nnn1-c1cccc2cnccc12.Cl.Cl. The Balaban J connectivity index is 0.00000131. The first-order valence-electron chi connectivity index (χ1n) is 8.51. The van der Waals surface area contributed by atoms with Crippen LogP contribution in [0.1, 0.15) is 29.0 Å². The number of halogens is 2. The fourth-order valence-electron chi connectivity index (χ4n) is 3.28. The van der Waals surface area contributed by atoms with Crippen LogP contribution in [0.15, 0.2) is 36.7 Å². The molecule has 1 amide bonds. The molecule has 3 aromatic rings. The van der Waals surface area contributed by atoms with E-state index in [1.54, 1.807) is 10.9 Å². The molecule has 2 aromatic heterocycles. The summed E-state index contributed by atoms with van der Waals surface area (Å²) in [6.45, 7) is 3.73. The molecule has 0 spiro atoms. The van der Waals surface area contributed by atoms with Crippen molar-refractivity contribution in [3.05, 3.63) is 48.0 Å². The number of amides is 1. The molecule has 0 radical (unpaired) electrons. The second kappa shape index (κ2) is 9.12. The van der Waals surface area contributed by atoms with Gasteiger partial charge in [0.1, 0.15) is 0 Å². The van der Waals surface area contributed by atoms with Crippen LogP contribution in [0.3, 0.4) is 0 Å². The molecule has 7 nitrogen and oxygen atoms in total. The highest BCUT2D eigenvalue weighted by molar-refractivity contribution is 5.94. The Hall–Kier alpha value is -2.22. The summed E-state index contributed by atoms with van der Waals surface area (Å²) in [5.41, 5.74) is 2.01. The number of fused-ring (bicyclic) bond motifs is 1. The van der Waals surface area contributed by atoms with Crippen LogP contribution in [0.2, 0.25) is 0 Å². The van der Waals surface area contributed by atoms with Gasteiger partial charge in [-0.1, -0.05) is 17.3 Å². The predicted molar refractivity (Wildman–Crippen MR) is 109 cm³/mol. The first-order chi connectivity index (χ1) is 12.2. The number of benzene rings is 1. The molecule has 144 valence electrons. The van der Waals surface area contributed by atoms with E-state index in [0.717, 1.165) is 48.1 Å². The van der Waals surface area contributed by atoms with Crippen molar-refractivity contribution < 1.29 is 4.79 Å². The summed E-state index contributed by atoms with van der Waals surface area (Å²) in [4.78, 5) is 16.7. The van der Waals surface area contributed by atoms with Crippen LogP contribution in [-0.4, -0.2) is 45.0 Å². The van der Waals surface area contributed by atoms with Gasteiger partial charge in [-0.2, -0.15) is 0 Å². The molecule has 1 aliphatic heterocycles. The fourth-order valence-corrected chi connectivity index (χ4v) is 3.28. The van der Waals surface area contributed by atoms with Crippen LogP contribution in [0.4, 0.5) is 0 Å². The Morgan fingerprint density at radius 3 is 2.78 bits per heavy atom. The molecule has 9 heteroatoms. The highest BCUT2D eigenvalue weighted by Crippen LogP contribution is 2.22. The molecule has 1 fully saturated rings. The van der Waals surface area contributed by atoms with E-state index in [1.807, 2.05) is 37.4 Å². The summed E-state index contributed by atoms with van der Waals surface area (Å²) in [6, 6.07) is 8.07. The number of nitrogens with one attached hydrogen (secondary N) is 2. The molecule has 0 aliphatic carbocycles. The van der Waals surface area contributed by atoms with Crippen LogP contribution in [0, 0.1) is 6.92 Å². The number of nitrogens with zero attached hydrogens (tertiary/aromatic N) is 4. The molecule has 2 N–H and O–H groups in total. The van der Waals surface area contributed by atoms with Gasteiger partial charge in [0.25, 0.3) is 5.91 Å². The smallest absolute Gasteiger partial charge is 0.273 e. The fraction of sp³-hybridized carbons (Fsp3) is 0.333. The number of piperidine rings is 1. The quantitative estimate of drug-likeness (QED) is 0.694. The lowest BCUT2D eigenvalue weighted by atomic mass is 10.1. The van der Waals surface area contributed by atoms with Crippen molar-refractivity contribution in [3.63, 3.8) is 0 Å². The van der Waals surface area contributed by atoms with Gasteiger partial charge in [-0.25, -0.2) is 4.68 Å². The largest absolute Gasteiger partial charge is 0.348 e. The van der Waals surface area contributed by atoms with Gasteiger partial charge in [-0.05, 0) is 45.0 Å². The summed E-state index contributed by atoms with van der Waals surface area (Å²) in [6.07, 6.45) is 5.45. The van der Waals surface area contributed by atoms with Crippen molar-refractivity contribution in [2.24, 2.45) is 0 Å². The van der Waals surface area contributed by atoms with Crippen LogP contribution in [0.5, 0.6) is 0 Å². The van der Waals surface area contributed by atoms with Crippen LogP contribution < -0.4 is 10.6 Å². The highest BCUT2D eigenvalue weighted by Gasteiger charge is 2.22. The van der Waals surface area contributed by atoms with Crippen molar-refractivity contribution in [1.82, 2.24) is 30.6 Å². The average Bonchev–Trinajstić information content (AvgIpc) is 3.03. The zero-order valence-electron chi connectivity index (χ0n) is 14.9. The van der Waals surface area contributed by atoms with E-state index < -0.39 is 0 Å². The van der Waals surface area contributed by atoms with Gasteiger partial charge in [-0.15, -0.1) is 29.9 Å². The molecule has 0 bridgehead atoms. The standard InChI is InChI=1S/C18H20N6O.2ClH/c1-12-17(18(25)21-14-5-8-19-9-6-14)22-23-24(12)16-4-2-3-13-11-20-10-7-15(13)16;;/h2-4,7,10-11,14,19H,5-6,8-9H2,1H3,(H,21,25);2*1H. The van der Waals surface area contributed by atoms with Crippen molar-refractivity contribution >= 4 is 41.5 Å². The average molecular weight is 409 g/mol. The maximum Gasteiger partial charge on any atom is 0.273 e. The topological polar surface area (TPSA) is 84.7 Å². The minimum Gasteiger partial charge on any atom is -0.348 e. The molecular formula is C18H22Cl2N6O. The Morgan fingerprint density at radius 1 is 1.22 bits per heavy atom. The minimum absolute atomic E-state index is 0. The van der Waals surface area contributed by atoms with Gasteiger partial charge in [0.15, 0.2) is 5.69 Å². The van der Waals surface area contributed by atoms with Gasteiger partial charge in [-0.3, -0.25) is 9.78 Å². The number of carbonyl (C=O) groups excluding carboxylic acids is 1. The summed E-state index contributed by atoms with van der Waals surface area (Å²) < 4.78 is 1.72. The number of carbonyl (C=O) groups is 1. The second-order valence-corrected chi connectivity index (χ2v) is 6.31. The summed E-state index contributed by atoms with van der Waals surface area (Å²) >= 11 is 0. The molecular weight excluding hydrogens is 387 g/mol. The zero-order chi connectivity index (χ0) is 17.2. The van der Waals surface area contributed by atoms with Crippen molar-refractivity contribution in [2.45, 2.75) is 25.8 Å². The third kappa shape index (κ3) is 4.21. The summed E-state index contributed by atoms with van der Waals surface area (Å²) in [5, 5.41) is 16.8. The van der Waals surface area contributed by atoms with Crippen molar-refractivity contribution in [1.29, 1.82) is 0 Å². The Bertz CT molecular complexity index is 918. The number of aromatic nitrogens is 4. The van der Waals surface area contributed by atoms with Crippen LogP contribution in [-0.2, 0) is 0 Å². The second-order valence-electron chi connectivity index (χ2n) is 6.31. The Kier molecular flexibility index (Phi) is 7.12. The zero-order valence-corrected chi connectivity index (χ0v) is 16.5. The predicted octanol–water partition coefficient (Wildman–Crippen LogP) is 2.45. The molecule has 0 saturated carbocycles. The van der Waals surface area contributed by atoms with E-state index in [9.17, 15) is 4.79 Å². The first kappa shape index (κ1) is 21.1. The molecule has 27 heavy (non-hydrogen) atoms. The van der Waals surface area contributed by atoms with E-state index in [-0.39, 0.29) is 36.8 Å². The summed E-state index contributed by atoms with van der Waals surface area (Å²) in [5.74, 6) is -0.155. The molecule has 1 saturated heterocycles. The molecule has 0 atom stereocenters. The maximum absolute atomic E-state index is 12.6. The lowest BCUT2D eigenvalue weighted by Gasteiger charge is -2.23. The van der Waals surface area contributed by atoms with Gasteiger partial charge in [0.2, 0.25) is 0 Å². The lowest BCUT2D eigenvalue weighted by Crippen LogP contribution is -2.43. The van der Waals surface area contributed by atoms with E-state index in [0.29, 0.717) is 5.69 Å². The lowest BCUT2D eigenvalue weighted by molar-refractivity contribution is 0.0923. The van der Waals surface area contributed by atoms with Crippen molar-refractivity contribution in [3.8, 4) is 5.69 Å². The van der Waals surface area contributed by atoms with Crippen LogP contribution in [0.25, 0.3) is 16.5 Å². The van der Waals surface area contributed by atoms with E-state index in [4.69, 9.17) is 0 Å². The van der Waals surface area contributed by atoms with Crippen molar-refractivity contribution in [2.75, 3.05) is 13.1 Å². The molecule has 4 rings (SSSR count).